The number of nitrogens with zero attached hydrogens (tertiary/aromatic N) is 3. The van der Waals surface area contributed by atoms with Crippen LogP contribution in [-0.2, 0) is 9.59 Å². The van der Waals surface area contributed by atoms with Crippen molar-refractivity contribution in [3.8, 4) is 6.07 Å². The molecule has 7 heteroatoms. The molecule has 2 aromatic carbocycles. The number of carbonyl (C=O) groups is 2. The van der Waals surface area contributed by atoms with E-state index in [-0.39, 0.29) is 11.5 Å². The van der Waals surface area contributed by atoms with E-state index < -0.39 is 5.91 Å². The molecule has 0 radical (unpaired) electrons. The molecule has 0 saturated carbocycles. The summed E-state index contributed by atoms with van der Waals surface area (Å²) in [7, 11) is 0. The predicted octanol–water partition coefficient (Wildman–Crippen LogP) is 5.61. The van der Waals surface area contributed by atoms with Gasteiger partial charge in [0.2, 0.25) is 5.91 Å². The number of benzene rings is 2. The lowest BCUT2D eigenvalue weighted by Gasteiger charge is -2.19. The summed E-state index contributed by atoms with van der Waals surface area (Å²) in [5.41, 5.74) is 5.82. The van der Waals surface area contributed by atoms with Gasteiger partial charge in [-0.15, -0.1) is 11.3 Å². The maximum Gasteiger partial charge on any atom is 0.266 e. The Hall–Kier alpha value is -3.76. The zero-order valence-electron chi connectivity index (χ0n) is 18.7. The van der Waals surface area contributed by atoms with Gasteiger partial charge < -0.3 is 5.32 Å². The Morgan fingerprint density at radius 2 is 1.75 bits per heavy atom. The second-order valence-electron chi connectivity index (χ2n) is 7.57. The Kier molecular flexibility index (Phi) is 6.86. The molecule has 0 saturated heterocycles. The van der Waals surface area contributed by atoms with Crippen LogP contribution in [-0.4, -0.2) is 16.8 Å². The summed E-state index contributed by atoms with van der Waals surface area (Å²) in [4.78, 5) is 31.1. The Morgan fingerprint density at radius 1 is 1.06 bits per heavy atom. The van der Waals surface area contributed by atoms with E-state index in [2.05, 4.69) is 10.3 Å². The Labute approximate surface area is 191 Å². The molecule has 0 atom stereocenters. The Morgan fingerprint density at radius 3 is 2.34 bits per heavy atom. The van der Waals surface area contributed by atoms with Crippen LogP contribution in [0.3, 0.4) is 0 Å². The van der Waals surface area contributed by atoms with Crippen LogP contribution in [0.4, 0.5) is 16.5 Å². The van der Waals surface area contributed by atoms with Crippen LogP contribution in [0, 0.1) is 39.0 Å². The lowest BCUT2D eigenvalue weighted by atomic mass is 10.1. The van der Waals surface area contributed by atoms with Crippen LogP contribution in [0.1, 0.15) is 34.9 Å². The predicted molar refractivity (Wildman–Crippen MR) is 129 cm³/mol. The summed E-state index contributed by atoms with van der Waals surface area (Å²) >= 11 is 1.27. The summed E-state index contributed by atoms with van der Waals surface area (Å²) in [5.74, 6) is -0.677. The van der Waals surface area contributed by atoms with Gasteiger partial charge in [-0.05, 0) is 68.2 Å². The highest BCUT2D eigenvalue weighted by atomic mass is 32.1. The second kappa shape index (κ2) is 9.58. The topological polar surface area (TPSA) is 86.1 Å². The number of nitrogens with one attached hydrogen (secondary N) is 1. The minimum absolute atomic E-state index is 0.0648. The SMILES string of the molecule is CC(=O)N(c1ccc(C)c(C)c1)c1nc(/C=C(\C#N)C(=O)Nc2c(C)cccc2C)cs1. The maximum atomic E-state index is 12.7. The van der Waals surface area contributed by atoms with Gasteiger partial charge in [0, 0.05) is 18.0 Å². The van der Waals surface area contributed by atoms with Crippen molar-refractivity contribution in [2.75, 3.05) is 10.2 Å². The molecule has 2 amide bonds. The molecule has 3 rings (SSSR count). The lowest BCUT2D eigenvalue weighted by molar-refractivity contribution is -0.116. The Balaban J connectivity index is 1.89. The van der Waals surface area contributed by atoms with Crippen LogP contribution in [0.25, 0.3) is 6.08 Å². The van der Waals surface area contributed by atoms with Crippen molar-refractivity contribution < 1.29 is 9.59 Å². The van der Waals surface area contributed by atoms with E-state index in [1.807, 2.05) is 70.2 Å². The molecular formula is C25H24N4O2S. The molecule has 0 aliphatic rings. The van der Waals surface area contributed by atoms with E-state index in [0.717, 1.165) is 27.9 Å². The van der Waals surface area contributed by atoms with E-state index >= 15 is 0 Å². The molecule has 1 N–H and O–H groups in total. The van der Waals surface area contributed by atoms with Crippen LogP contribution >= 0.6 is 11.3 Å². The van der Waals surface area contributed by atoms with Crippen molar-refractivity contribution in [1.82, 2.24) is 4.98 Å². The number of carbonyl (C=O) groups excluding carboxylic acids is 2. The summed E-state index contributed by atoms with van der Waals surface area (Å²) in [5, 5.41) is 14.6. The number of hydrogen-bond acceptors (Lipinski definition) is 5. The number of para-hydroxylation sites is 1. The fourth-order valence-corrected chi connectivity index (χ4v) is 4.07. The number of aromatic nitrogens is 1. The maximum absolute atomic E-state index is 12.7. The quantitative estimate of drug-likeness (QED) is 0.409. The fourth-order valence-electron chi connectivity index (χ4n) is 3.23. The second-order valence-corrected chi connectivity index (χ2v) is 8.41. The van der Waals surface area contributed by atoms with Crippen molar-refractivity contribution in [3.05, 3.63) is 75.3 Å². The third kappa shape index (κ3) is 4.93. The molecule has 0 aliphatic heterocycles. The van der Waals surface area contributed by atoms with Gasteiger partial charge in [0.15, 0.2) is 5.13 Å². The first-order chi connectivity index (χ1) is 15.2. The zero-order valence-corrected chi connectivity index (χ0v) is 19.5. The highest BCUT2D eigenvalue weighted by molar-refractivity contribution is 7.14. The smallest absolute Gasteiger partial charge is 0.266 e. The van der Waals surface area contributed by atoms with E-state index in [9.17, 15) is 14.9 Å². The Bertz CT molecular complexity index is 1250. The molecular weight excluding hydrogens is 420 g/mol. The molecule has 0 spiro atoms. The van der Waals surface area contributed by atoms with E-state index in [1.54, 1.807) is 5.38 Å². The van der Waals surface area contributed by atoms with Crippen LogP contribution in [0.2, 0.25) is 0 Å². The normalized spacial score (nSPS) is 11.1. The number of anilines is 3. The summed E-state index contributed by atoms with van der Waals surface area (Å²) in [6, 6.07) is 13.4. The molecule has 1 aromatic heterocycles. The highest BCUT2D eigenvalue weighted by Gasteiger charge is 2.19. The van der Waals surface area contributed by atoms with Crippen molar-refractivity contribution >= 4 is 45.7 Å². The standard InChI is InChI=1S/C25H24N4O2S/c1-15-9-10-22(11-18(15)4)29(19(5)30)25-27-21(14-32-25)12-20(13-26)24(31)28-23-16(2)7-6-8-17(23)3/h6-12,14H,1-5H3,(H,28,31)/b20-12+. The first-order valence-corrected chi connectivity index (χ1v) is 10.9. The van der Waals surface area contributed by atoms with Gasteiger partial charge in [-0.25, -0.2) is 4.98 Å². The molecule has 3 aromatic rings. The van der Waals surface area contributed by atoms with Gasteiger partial charge in [0.1, 0.15) is 11.6 Å². The molecule has 6 nitrogen and oxygen atoms in total. The zero-order chi connectivity index (χ0) is 23.4. The van der Waals surface area contributed by atoms with Crippen LogP contribution < -0.4 is 10.2 Å². The molecule has 0 aliphatic carbocycles. The highest BCUT2D eigenvalue weighted by Crippen LogP contribution is 2.31. The lowest BCUT2D eigenvalue weighted by Crippen LogP contribution is -2.22. The van der Waals surface area contributed by atoms with Gasteiger partial charge in [0.05, 0.1) is 11.4 Å². The third-order valence-corrected chi connectivity index (χ3v) is 5.99. The van der Waals surface area contributed by atoms with Crippen molar-refractivity contribution in [2.45, 2.75) is 34.6 Å². The average Bonchev–Trinajstić information content (AvgIpc) is 3.19. The monoisotopic (exact) mass is 444 g/mol. The van der Waals surface area contributed by atoms with Crippen molar-refractivity contribution in [3.63, 3.8) is 0 Å². The van der Waals surface area contributed by atoms with Gasteiger partial charge >= 0.3 is 0 Å². The summed E-state index contributed by atoms with van der Waals surface area (Å²) in [6.45, 7) is 9.27. The summed E-state index contributed by atoms with van der Waals surface area (Å²) in [6.07, 6.45) is 1.43. The number of hydrogen-bond donors (Lipinski definition) is 1. The van der Waals surface area contributed by atoms with E-state index in [0.29, 0.717) is 16.5 Å². The number of thiazole rings is 1. The van der Waals surface area contributed by atoms with Crippen molar-refractivity contribution in [1.29, 1.82) is 5.26 Å². The third-order valence-electron chi connectivity index (χ3n) is 5.14. The van der Waals surface area contributed by atoms with Gasteiger partial charge in [-0.3, -0.25) is 14.5 Å². The van der Waals surface area contributed by atoms with Crippen LogP contribution in [0.5, 0.6) is 0 Å². The number of aryl methyl sites for hydroxylation is 4. The molecule has 1 heterocycles. The van der Waals surface area contributed by atoms with Gasteiger partial charge in [-0.1, -0.05) is 24.3 Å². The van der Waals surface area contributed by atoms with Gasteiger partial charge in [-0.2, -0.15) is 5.26 Å². The number of amides is 2. The van der Waals surface area contributed by atoms with Crippen molar-refractivity contribution in [2.24, 2.45) is 0 Å². The average molecular weight is 445 g/mol. The minimum Gasteiger partial charge on any atom is -0.321 e. The molecule has 0 unspecified atom stereocenters. The minimum atomic E-state index is -0.503. The first kappa shape index (κ1) is 22.9. The van der Waals surface area contributed by atoms with E-state index in [4.69, 9.17) is 0 Å². The fraction of sp³-hybridized carbons (Fsp3) is 0.200. The van der Waals surface area contributed by atoms with Crippen LogP contribution in [0.15, 0.2) is 47.4 Å². The molecule has 0 fully saturated rings. The van der Waals surface area contributed by atoms with E-state index in [1.165, 1.54) is 29.2 Å². The number of rotatable bonds is 5. The molecule has 162 valence electrons. The molecule has 32 heavy (non-hydrogen) atoms. The van der Waals surface area contributed by atoms with Gasteiger partial charge in [0.25, 0.3) is 5.91 Å². The molecule has 0 bridgehead atoms. The number of nitriles is 1. The largest absolute Gasteiger partial charge is 0.321 e. The summed E-state index contributed by atoms with van der Waals surface area (Å²) < 4.78 is 0. The first-order valence-electron chi connectivity index (χ1n) is 10.0.